The van der Waals surface area contributed by atoms with Gasteiger partial charge in [-0.15, -0.1) is 0 Å². The van der Waals surface area contributed by atoms with Gasteiger partial charge in [0.25, 0.3) is 0 Å². The van der Waals surface area contributed by atoms with E-state index >= 15 is 0 Å². The minimum Gasteiger partial charge on any atom is -0.308 e. The van der Waals surface area contributed by atoms with Gasteiger partial charge in [0.05, 0.1) is 33.1 Å². The lowest BCUT2D eigenvalue weighted by Gasteiger charge is -2.20. The van der Waals surface area contributed by atoms with E-state index in [0.29, 0.717) is 54.1 Å². The highest BCUT2D eigenvalue weighted by Crippen LogP contribution is 2.42. The van der Waals surface area contributed by atoms with Crippen LogP contribution >= 0.6 is 0 Å². The second-order valence-electron chi connectivity index (χ2n) is 15.9. The fourth-order valence-corrected chi connectivity index (χ4v) is 9.97. The molecule has 0 bridgehead atoms. The molecule has 0 saturated heterocycles. The predicted octanol–water partition coefficient (Wildman–Crippen LogP) is 11.0. The molecule has 0 unspecified atom stereocenters. The van der Waals surface area contributed by atoms with Gasteiger partial charge in [0.1, 0.15) is 0 Å². The summed E-state index contributed by atoms with van der Waals surface area (Å²) < 4.78 is 4.13. The van der Waals surface area contributed by atoms with E-state index in [4.69, 9.17) is 0 Å². The van der Waals surface area contributed by atoms with E-state index < -0.39 is 0 Å². The van der Waals surface area contributed by atoms with Gasteiger partial charge in [-0.1, -0.05) is 84.9 Å². The Labute approximate surface area is 340 Å². The zero-order valence-electron chi connectivity index (χ0n) is 32.5. The summed E-state index contributed by atoms with van der Waals surface area (Å²) in [5.74, 6) is 0. The third kappa shape index (κ3) is 4.47. The van der Waals surface area contributed by atoms with Crippen LogP contribution in [0.5, 0.6) is 0 Å². The van der Waals surface area contributed by atoms with Gasteiger partial charge in [-0.2, -0.15) is 0 Å². The minimum absolute atomic E-state index is 0.0819. The monoisotopic (exact) mass is 772 g/mol. The molecule has 6 nitrogen and oxygen atoms in total. The first-order valence-corrected chi connectivity index (χ1v) is 20.0. The number of benzene rings is 8. The minimum atomic E-state index is -0.119. The maximum atomic E-state index is 14.4. The molecule has 12 rings (SSSR count). The van der Waals surface area contributed by atoms with Crippen LogP contribution in [0.4, 0.5) is 0 Å². The van der Waals surface area contributed by atoms with Crippen molar-refractivity contribution < 1.29 is 0 Å². The van der Waals surface area contributed by atoms with Crippen molar-refractivity contribution >= 4 is 76.2 Å². The number of nitrogens with zero attached hydrogens (tertiary/aromatic N) is 2. The lowest BCUT2D eigenvalue weighted by molar-refractivity contribution is 1.31. The molecule has 0 aliphatic heterocycles. The highest BCUT2D eigenvalue weighted by molar-refractivity contribution is 6.10. The van der Waals surface area contributed by atoms with E-state index in [1.54, 1.807) is 24.3 Å². The number of aromatic nitrogens is 2. The third-order valence-electron chi connectivity index (χ3n) is 12.7. The highest BCUT2D eigenvalue weighted by atomic mass is 16.1. The molecule has 0 spiro atoms. The van der Waals surface area contributed by atoms with Gasteiger partial charge >= 0.3 is 0 Å². The molecular weight excluding hydrogens is 741 g/mol. The second-order valence-corrected chi connectivity index (χ2v) is 15.9. The van der Waals surface area contributed by atoms with Crippen molar-refractivity contribution in [2.75, 3.05) is 0 Å². The van der Waals surface area contributed by atoms with Crippen molar-refractivity contribution in [2.45, 2.75) is 13.8 Å². The predicted molar refractivity (Wildman–Crippen MR) is 247 cm³/mol. The van der Waals surface area contributed by atoms with Crippen molar-refractivity contribution in [3.8, 4) is 33.4 Å². The molecule has 0 saturated carbocycles. The molecule has 0 radical (unpaired) electrons. The van der Waals surface area contributed by atoms with Crippen LogP contribution < -0.4 is 21.7 Å². The normalized spacial score (nSPS) is 12.1. The summed E-state index contributed by atoms with van der Waals surface area (Å²) in [6.07, 6.45) is 0. The largest absolute Gasteiger partial charge is 0.308 e. The lowest BCUT2D eigenvalue weighted by Crippen LogP contribution is -2.14. The first-order valence-electron chi connectivity index (χ1n) is 20.0. The molecule has 0 aliphatic carbocycles. The Morgan fingerprint density at radius 3 is 1.25 bits per heavy atom. The molecule has 6 heteroatoms. The Bertz CT molecular complexity index is 4130. The molecule has 0 aliphatic rings. The zero-order valence-corrected chi connectivity index (χ0v) is 32.5. The molecule has 0 N–H and O–H groups in total. The number of aryl methyl sites for hydroxylation is 1. The SMILES string of the molecule is Cc1ccccc1-c1c(-c2ccc3c(c2)c(=O)c2cccc4c(=O)c5ccccc5n3c42)ccc(-c2ccc3c(c2)c(=O)c2cccc4c(=O)c5ccccc5n3c42)c1C. The van der Waals surface area contributed by atoms with Gasteiger partial charge < -0.3 is 8.80 Å². The lowest BCUT2D eigenvalue weighted by atomic mass is 9.84. The highest BCUT2D eigenvalue weighted by Gasteiger charge is 2.22. The van der Waals surface area contributed by atoms with Crippen LogP contribution in [0.25, 0.3) is 110 Å². The van der Waals surface area contributed by atoms with Gasteiger partial charge in [0.2, 0.25) is 0 Å². The van der Waals surface area contributed by atoms with Gasteiger partial charge in [0, 0.05) is 43.1 Å². The van der Waals surface area contributed by atoms with Crippen LogP contribution in [-0.2, 0) is 0 Å². The molecule has 8 aromatic carbocycles. The van der Waals surface area contributed by atoms with Crippen LogP contribution in [0.15, 0.2) is 177 Å². The van der Waals surface area contributed by atoms with Crippen LogP contribution in [-0.4, -0.2) is 8.80 Å². The third-order valence-corrected chi connectivity index (χ3v) is 12.7. The van der Waals surface area contributed by atoms with Crippen molar-refractivity contribution in [2.24, 2.45) is 0 Å². The number of pyridine rings is 4. The summed E-state index contributed by atoms with van der Waals surface area (Å²) >= 11 is 0. The molecule has 4 aromatic heterocycles. The first-order chi connectivity index (χ1) is 29.3. The second kappa shape index (κ2) is 12.3. The molecule has 0 atom stereocenters. The van der Waals surface area contributed by atoms with Gasteiger partial charge in [-0.05, 0) is 131 Å². The van der Waals surface area contributed by atoms with Crippen molar-refractivity contribution in [1.82, 2.24) is 8.80 Å². The molecule has 4 heterocycles. The number of rotatable bonds is 3. The zero-order chi connectivity index (χ0) is 40.6. The summed E-state index contributed by atoms with van der Waals surface area (Å²) in [7, 11) is 0. The van der Waals surface area contributed by atoms with Crippen molar-refractivity contribution in [3.05, 3.63) is 210 Å². The van der Waals surface area contributed by atoms with E-state index in [0.717, 1.165) is 66.6 Å². The number of hydrogen-bond acceptors (Lipinski definition) is 4. The Kier molecular flexibility index (Phi) is 6.98. The molecule has 12 aromatic rings. The van der Waals surface area contributed by atoms with Crippen LogP contribution in [0.2, 0.25) is 0 Å². The number of hydrogen-bond donors (Lipinski definition) is 0. The Balaban J connectivity index is 1.12. The summed E-state index contributed by atoms with van der Waals surface area (Å²) in [6, 6.07) is 50.6. The summed E-state index contributed by atoms with van der Waals surface area (Å²) in [5.41, 5.74) is 11.9. The Morgan fingerprint density at radius 2 is 0.733 bits per heavy atom. The van der Waals surface area contributed by atoms with E-state index in [-0.39, 0.29) is 21.7 Å². The molecule has 282 valence electrons. The summed E-state index contributed by atoms with van der Waals surface area (Å²) in [4.78, 5) is 56.1. The Morgan fingerprint density at radius 1 is 0.333 bits per heavy atom. The smallest absolute Gasteiger partial charge is 0.197 e. The van der Waals surface area contributed by atoms with Crippen LogP contribution in [0.3, 0.4) is 0 Å². The maximum absolute atomic E-state index is 14.4. The average molecular weight is 773 g/mol. The molecular formula is C54H32N2O4. The van der Waals surface area contributed by atoms with Gasteiger partial charge in [-0.25, -0.2) is 0 Å². The summed E-state index contributed by atoms with van der Waals surface area (Å²) in [6.45, 7) is 4.23. The van der Waals surface area contributed by atoms with Crippen LogP contribution in [0, 0.1) is 13.8 Å². The standard InChI is InChI=1S/C54H32N2O4/c1-29-11-3-4-12-33(29)48-30(2)34(31-21-25-46-42(27-31)53(59)40-17-9-15-38-49(40)55(46)44-19-7-5-13-36(44)51(38)57)23-24-35(48)32-22-26-47-43(28-32)54(60)41-18-10-16-39-50(41)56(47)45-20-8-6-14-37(45)52(39)58/h3-28H,1-2H3. The Hall–Kier alpha value is -7.96. The van der Waals surface area contributed by atoms with Crippen molar-refractivity contribution in [3.63, 3.8) is 0 Å². The quantitative estimate of drug-likeness (QED) is 0.132. The van der Waals surface area contributed by atoms with Gasteiger partial charge in [0.15, 0.2) is 21.7 Å². The van der Waals surface area contributed by atoms with Crippen molar-refractivity contribution in [1.29, 1.82) is 0 Å². The van der Waals surface area contributed by atoms with E-state index in [2.05, 4.69) is 59.0 Å². The number of fused-ring (bicyclic) bond motifs is 8. The van der Waals surface area contributed by atoms with E-state index in [1.165, 1.54) is 0 Å². The van der Waals surface area contributed by atoms with E-state index in [9.17, 15) is 19.2 Å². The van der Waals surface area contributed by atoms with Crippen LogP contribution in [0.1, 0.15) is 11.1 Å². The first kappa shape index (κ1) is 34.1. The molecule has 0 amide bonds. The fourth-order valence-electron chi connectivity index (χ4n) is 9.97. The fraction of sp³-hybridized carbons (Fsp3) is 0.0370. The van der Waals surface area contributed by atoms with E-state index in [1.807, 2.05) is 97.1 Å². The average Bonchev–Trinajstić information content (AvgIpc) is 3.28. The number of para-hydroxylation sites is 4. The molecule has 60 heavy (non-hydrogen) atoms. The molecule has 0 fully saturated rings. The van der Waals surface area contributed by atoms with Gasteiger partial charge in [-0.3, -0.25) is 19.2 Å². The maximum Gasteiger partial charge on any atom is 0.197 e. The summed E-state index contributed by atoms with van der Waals surface area (Å²) in [5, 5.41) is 4.41. The topological polar surface area (TPSA) is 77.1 Å².